The van der Waals surface area contributed by atoms with Gasteiger partial charge in [-0.25, -0.2) is 8.42 Å². The zero-order valence-corrected chi connectivity index (χ0v) is 14.9. The van der Waals surface area contributed by atoms with Crippen molar-refractivity contribution in [3.63, 3.8) is 0 Å². The fourth-order valence-corrected chi connectivity index (χ4v) is 3.78. The van der Waals surface area contributed by atoms with Crippen molar-refractivity contribution in [2.75, 3.05) is 15.8 Å². The summed E-state index contributed by atoms with van der Waals surface area (Å²) < 4.78 is 26.1. The molecule has 0 aliphatic carbocycles. The van der Waals surface area contributed by atoms with Gasteiger partial charge in [0.2, 0.25) is 10.0 Å². The van der Waals surface area contributed by atoms with Crippen LogP contribution in [0.15, 0.2) is 36.4 Å². The predicted octanol–water partition coefficient (Wildman–Crippen LogP) is 4.51. The van der Waals surface area contributed by atoms with E-state index in [0.717, 1.165) is 11.4 Å². The highest BCUT2D eigenvalue weighted by Gasteiger charge is 2.09. The van der Waals surface area contributed by atoms with Gasteiger partial charge in [0.1, 0.15) is 0 Å². The average Bonchev–Trinajstić information content (AvgIpc) is 2.44. The molecule has 0 bridgehead atoms. The molecule has 0 spiro atoms. The lowest BCUT2D eigenvalue weighted by Crippen LogP contribution is -2.15. The zero-order valence-electron chi connectivity index (χ0n) is 14.1. The van der Waals surface area contributed by atoms with Crippen LogP contribution < -0.4 is 10.0 Å². The van der Waals surface area contributed by atoms with Gasteiger partial charge in [0.15, 0.2) is 0 Å². The van der Waals surface area contributed by atoms with Crippen molar-refractivity contribution in [1.82, 2.24) is 0 Å². The Kier molecular flexibility index (Phi) is 5.31. The van der Waals surface area contributed by atoms with Gasteiger partial charge in [0, 0.05) is 17.1 Å². The Labute approximate surface area is 139 Å². The summed E-state index contributed by atoms with van der Waals surface area (Å²) in [7, 11) is -3.25. The number of sulfonamides is 1. The van der Waals surface area contributed by atoms with E-state index in [4.69, 9.17) is 0 Å². The third-order valence-electron chi connectivity index (χ3n) is 3.58. The van der Waals surface area contributed by atoms with Crippen LogP contribution in [0.2, 0.25) is 0 Å². The number of benzene rings is 2. The van der Waals surface area contributed by atoms with Crippen molar-refractivity contribution < 1.29 is 8.42 Å². The first-order valence-electron chi connectivity index (χ1n) is 7.76. The number of hydrogen-bond acceptors (Lipinski definition) is 3. The van der Waals surface area contributed by atoms with E-state index in [1.165, 1.54) is 16.7 Å². The van der Waals surface area contributed by atoms with Crippen molar-refractivity contribution in [2.45, 2.75) is 34.1 Å². The zero-order chi connectivity index (χ0) is 17.0. The Morgan fingerprint density at radius 2 is 1.43 bits per heavy atom. The molecule has 0 saturated carbocycles. The maximum atomic E-state index is 11.8. The quantitative estimate of drug-likeness (QED) is 0.818. The summed E-state index contributed by atoms with van der Waals surface area (Å²) in [5, 5.41) is 3.41. The van der Waals surface area contributed by atoms with Gasteiger partial charge in [-0.2, -0.15) is 0 Å². The van der Waals surface area contributed by atoms with Crippen LogP contribution in [-0.4, -0.2) is 14.2 Å². The Balaban J connectivity index is 2.15. The molecule has 0 fully saturated rings. The summed E-state index contributed by atoms with van der Waals surface area (Å²) in [6, 6.07) is 11.6. The highest BCUT2D eigenvalue weighted by Crippen LogP contribution is 2.26. The molecule has 2 rings (SSSR count). The second-order valence-corrected chi connectivity index (χ2v) is 7.74. The molecular formula is C18H24N2O2S. The minimum atomic E-state index is -3.25. The SMILES string of the molecule is CCCS(=O)(=O)Nc1ccc(Nc2c(C)cc(C)cc2C)cc1. The maximum absolute atomic E-state index is 11.8. The molecular weight excluding hydrogens is 308 g/mol. The summed E-state index contributed by atoms with van der Waals surface area (Å²) in [5.41, 5.74) is 6.23. The third kappa shape index (κ3) is 4.73. The lowest BCUT2D eigenvalue weighted by molar-refractivity contribution is 0.600. The van der Waals surface area contributed by atoms with Crippen molar-refractivity contribution >= 4 is 27.1 Å². The molecule has 2 N–H and O–H groups in total. The van der Waals surface area contributed by atoms with Crippen LogP contribution in [0.1, 0.15) is 30.0 Å². The molecule has 0 unspecified atom stereocenters. The van der Waals surface area contributed by atoms with E-state index in [-0.39, 0.29) is 5.75 Å². The topological polar surface area (TPSA) is 58.2 Å². The molecule has 124 valence electrons. The van der Waals surface area contributed by atoms with Gasteiger partial charge in [-0.3, -0.25) is 4.72 Å². The number of aryl methyl sites for hydroxylation is 3. The molecule has 0 atom stereocenters. The smallest absolute Gasteiger partial charge is 0.232 e. The van der Waals surface area contributed by atoms with Gasteiger partial charge in [-0.1, -0.05) is 24.6 Å². The molecule has 2 aromatic carbocycles. The molecule has 2 aromatic rings. The third-order valence-corrected chi connectivity index (χ3v) is 5.07. The molecule has 0 aliphatic heterocycles. The van der Waals surface area contributed by atoms with Crippen molar-refractivity contribution in [1.29, 1.82) is 0 Å². The van der Waals surface area contributed by atoms with E-state index in [9.17, 15) is 8.42 Å². The lowest BCUT2D eigenvalue weighted by atomic mass is 10.0. The minimum Gasteiger partial charge on any atom is -0.355 e. The number of hydrogen-bond donors (Lipinski definition) is 2. The van der Waals surface area contributed by atoms with E-state index >= 15 is 0 Å². The highest BCUT2D eigenvalue weighted by molar-refractivity contribution is 7.92. The van der Waals surface area contributed by atoms with E-state index < -0.39 is 10.0 Å². The van der Waals surface area contributed by atoms with Gasteiger partial charge in [-0.15, -0.1) is 0 Å². The molecule has 0 amide bonds. The van der Waals surface area contributed by atoms with Gasteiger partial charge >= 0.3 is 0 Å². The predicted molar refractivity (Wildman–Crippen MR) is 98.1 cm³/mol. The van der Waals surface area contributed by atoms with Crippen molar-refractivity contribution in [2.24, 2.45) is 0 Å². The van der Waals surface area contributed by atoms with Gasteiger partial charge in [-0.05, 0) is 62.6 Å². The summed E-state index contributed by atoms with van der Waals surface area (Å²) in [4.78, 5) is 0. The first-order chi connectivity index (χ1) is 10.8. The van der Waals surface area contributed by atoms with E-state index in [0.29, 0.717) is 12.1 Å². The summed E-state index contributed by atoms with van der Waals surface area (Å²) in [5.74, 6) is 0.134. The Bertz CT molecular complexity index is 758. The number of anilines is 3. The van der Waals surface area contributed by atoms with Crippen molar-refractivity contribution in [3.05, 3.63) is 53.1 Å². The van der Waals surface area contributed by atoms with E-state index in [1.54, 1.807) is 12.1 Å². The van der Waals surface area contributed by atoms with Crippen LogP contribution in [0, 0.1) is 20.8 Å². The summed E-state index contributed by atoms with van der Waals surface area (Å²) in [6.07, 6.45) is 0.598. The van der Waals surface area contributed by atoms with Crippen LogP contribution in [0.3, 0.4) is 0 Å². The molecule has 4 nitrogen and oxygen atoms in total. The molecule has 23 heavy (non-hydrogen) atoms. The van der Waals surface area contributed by atoms with Gasteiger partial charge in [0.25, 0.3) is 0 Å². The molecule has 0 aromatic heterocycles. The second-order valence-electron chi connectivity index (χ2n) is 5.90. The second kappa shape index (κ2) is 7.04. The van der Waals surface area contributed by atoms with Crippen molar-refractivity contribution in [3.8, 4) is 0 Å². The normalized spacial score (nSPS) is 11.3. The first-order valence-corrected chi connectivity index (χ1v) is 9.41. The minimum absolute atomic E-state index is 0.134. The molecule has 0 saturated heterocycles. The molecule has 5 heteroatoms. The number of rotatable bonds is 6. The molecule has 0 aliphatic rings. The Morgan fingerprint density at radius 3 is 1.96 bits per heavy atom. The van der Waals surface area contributed by atoms with Crippen LogP contribution in [-0.2, 0) is 10.0 Å². The van der Waals surface area contributed by atoms with Crippen LogP contribution in [0.25, 0.3) is 0 Å². The van der Waals surface area contributed by atoms with E-state index in [2.05, 4.69) is 42.9 Å². The van der Waals surface area contributed by atoms with E-state index in [1.807, 2.05) is 19.1 Å². The number of nitrogens with one attached hydrogen (secondary N) is 2. The summed E-state index contributed by atoms with van der Waals surface area (Å²) >= 11 is 0. The molecule has 0 radical (unpaired) electrons. The maximum Gasteiger partial charge on any atom is 0.232 e. The average molecular weight is 332 g/mol. The monoisotopic (exact) mass is 332 g/mol. The fraction of sp³-hybridized carbons (Fsp3) is 0.333. The Morgan fingerprint density at radius 1 is 0.913 bits per heavy atom. The summed E-state index contributed by atoms with van der Waals surface area (Å²) in [6.45, 7) is 8.09. The first kappa shape index (κ1) is 17.3. The fourth-order valence-electron chi connectivity index (χ4n) is 2.64. The highest BCUT2D eigenvalue weighted by atomic mass is 32.2. The van der Waals surface area contributed by atoms with Crippen LogP contribution in [0.5, 0.6) is 0 Å². The Hall–Kier alpha value is -2.01. The molecule has 0 heterocycles. The van der Waals surface area contributed by atoms with Gasteiger partial charge in [0.05, 0.1) is 5.75 Å². The van der Waals surface area contributed by atoms with Crippen LogP contribution in [0.4, 0.5) is 17.1 Å². The van der Waals surface area contributed by atoms with Gasteiger partial charge < -0.3 is 5.32 Å². The lowest BCUT2D eigenvalue weighted by Gasteiger charge is -2.14. The standard InChI is InChI=1S/C18H24N2O2S/c1-5-10-23(21,22)20-17-8-6-16(7-9-17)19-18-14(3)11-13(2)12-15(18)4/h6-9,11-12,19-20H,5,10H2,1-4H3. The van der Waals surface area contributed by atoms with Crippen LogP contribution >= 0.6 is 0 Å². The largest absolute Gasteiger partial charge is 0.355 e.